The highest BCUT2D eigenvalue weighted by molar-refractivity contribution is 7.21. The Kier molecular flexibility index (Phi) is 4.20. The molecule has 0 saturated heterocycles. The second-order valence-electron chi connectivity index (χ2n) is 5.30. The SMILES string of the molecule is Cc1nnc2sc(C(=O)NCCc3ccncc3)c(N)c2c1C. The smallest absolute Gasteiger partial charge is 0.263 e. The van der Waals surface area contributed by atoms with E-state index in [2.05, 4.69) is 20.5 Å². The van der Waals surface area contributed by atoms with Gasteiger partial charge in [-0.3, -0.25) is 9.78 Å². The van der Waals surface area contributed by atoms with E-state index in [-0.39, 0.29) is 5.91 Å². The van der Waals surface area contributed by atoms with E-state index in [4.69, 9.17) is 5.73 Å². The third-order valence-electron chi connectivity index (χ3n) is 3.79. The Morgan fingerprint density at radius 3 is 2.74 bits per heavy atom. The standard InChI is InChI=1S/C16H17N5OS/c1-9-10(2)20-21-16-12(9)13(17)14(23-16)15(22)19-8-5-11-3-6-18-7-4-11/h3-4,6-7H,5,8,17H2,1-2H3,(H,19,22). The number of nitrogens with one attached hydrogen (secondary N) is 1. The van der Waals surface area contributed by atoms with Crippen LogP contribution in [0.1, 0.15) is 26.5 Å². The Morgan fingerprint density at radius 1 is 1.26 bits per heavy atom. The van der Waals surface area contributed by atoms with Crippen molar-refractivity contribution in [3.05, 3.63) is 46.2 Å². The van der Waals surface area contributed by atoms with Crippen molar-refractivity contribution >= 4 is 33.1 Å². The highest BCUT2D eigenvalue weighted by atomic mass is 32.1. The number of thiophene rings is 1. The first kappa shape index (κ1) is 15.4. The van der Waals surface area contributed by atoms with Crippen LogP contribution in [0.25, 0.3) is 10.2 Å². The zero-order chi connectivity index (χ0) is 16.4. The zero-order valence-corrected chi connectivity index (χ0v) is 13.8. The number of rotatable bonds is 4. The first-order valence-corrected chi connectivity index (χ1v) is 8.08. The second-order valence-corrected chi connectivity index (χ2v) is 6.30. The molecule has 7 heteroatoms. The van der Waals surface area contributed by atoms with Crippen molar-refractivity contribution in [1.29, 1.82) is 0 Å². The molecular weight excluding hydrogens is 310 g/mol. The van der Waals surface area contributed by atoms with Gasteiger partial charge in [0.05, 0.1) is 11.4 Å². The van der Waals surface area contributed by atoms with Gasteiger partial charge in [0.25, 0.3) is 5.91 Å². The fourth-order valence-electron chi connectivity index (χ4n) is 2.36. The maximum absolute atomic E-state index is 12.4. The van der Waals surface area contributed by atoms with E-state index in [1.165, 1.54) is 11.3 Å². The molecular formula is C16H17N5OS. The molecule has 6 nitrogen and oxygen atoms in total. The molecule has 0 bridgehead atoms. The van der Waals surface area contributed by atoms with Crippen molar-refractivity contribution in [2.45, 2.75) is 20.3 Å². The van der Waals surface area contributed by atoms with Gasteiger partial charge < -0.3 is 11.1 Å². The van der Waals surface area contributed by atoms with Crippen LogP contribution in [0.15, 0.2) is 24.5 Å². The highest BCUT2D eigenvalue weighted by Crippen LogP contribution is 2.34. The van der Waals surface area contributed by atoms with Gasteiger partial charge in [-0.1, -0.05) is 0 Å². The predicted molar refractivity (Wildman–Crippen MR) is 91.6 cm³/mol. The highest BCUT2D eigenvalue weighted by Gasteiger charge is 2.19. The number of nitrogens with zero attached hydrogens (tertiary/aromatic N) is 3. The van der Waals surface area contributed by atoms with Crippen molar-refractivity contribution < 1.29 is 4.79 Å². The lowest BCUT2D eigenvalue weighted by Crippen LogP contribution is -2.25. The molecule has 3 N–H and O–H groups in total. The Morgan fingerprint density at radius 2 is 2.00 bits per heavy atom. The molecule has 0 aliphatic heterocycles. The maximum Gasteiger partial charge on any atom is 0.263 e. The first-order chi connectivity index (χ1) is 11.1. The number of pyridine rings is 1. The Hall–Kier alpha value is -2.54. The van der Waals surface area contributed by atoms with Gasteiger partial charge in [-0.05, 0) is 43.5 Å². The van der Waals surface area contributed by atoms with Crippen LogP contribution < -0.4 is 11.1 Å². The van der Waals surface area contributed by atoms with E-state index < -0.39 is 0 Å². The van der Waals surface area contributed by atoms with Gasteiger partial charge in [0.2, 0.25) is 0 Å². The maximum atomic E-state index is 12.4. The van der Waals surface area contributed by atoms with E-state index in [0.29, 0.717) is 21.9 Å². The molecule has 23 heavy (non-hydrogen) atoms. The number of hydrogen-bond donors (Lipinski definition) is 2. The average Bonchev–Trinajstić information content (AvgIpc) is 2.89. The summed E-state index contributed by atoms with van der Waals surface area (Å²) in [5, 5.41) is 12.0. The van der Waals surface area contributed by atoms with Gasteiger partial charge in [0.1, 0.15) is 9.71 Å². The van der Waals surface area contributed by atoms with Crippen LogP contribution >= 0.6 is 11.3 Å². The minimum absolute atomic E-state index is 0.170. The fourth-order valence-corrected chi connectivity index (χ4v) is 3.38. The lowest BCUT2D eigenvalue weighted by Gasteiger charge is -2.05. The van der Waals surface area contributed by atoms with Gasteiger partial charge in [-0.2, -0.15) is 5.10 Å². The summed E-state index contributed by atoms with van der Waals surface area (Å²) < 4.78 is 0. The lowest BCUT2D eigenvalue weighted by molar-refractivity contribution is 0.0959. The predicted octanol–water partition coefficient (Wildman–Crippen LogP) is 2.26. The molecule has 0 unspecified atom stereocenters. The minimum atomic E-state index is -0.170. The molecule has 0 radical (unpaired) electrons. The molecule has 3 aromatic heterocycles. The normalized spacial score (nSPS) is 10.9. The van der Waals surface area contributed by atoms with Gasteiger partial charge in [0.15, 0.2) is 0 Å². The molecule has 0 spiro atoms. The summed E-state index contributed by atoms with van der Waals surface area (Å²) in [4.78, 5) is 17.5. The van der Waals surface area contributed by atoms with Crippen LogP contribution in [-0.4, -0.2) is 27.6 Å². The summed E-state index contributed by atoms with van der Waals surface area (Å²) in [6.07, 6.45) is 4.23. The molecule has 1 amide bonds. The number of carbonyl (C=O) groups excluding carboxylic acids is 1. The number of nitrogens with two attached hydrogens (primary N) is 1. The van der Waals surface area contributed by atoms with Gasteiger partial charge in [-0.25, -0.2) is 0 Å². The Labute approximate surface area is 137 Å². The Bertz CT molecular complexity index is 860. The van der Waals surface area contributed by atoms with Crippen LogP contribution in [0.2, 0.25) is 0 Å². The number of aryl methyl sites for hydroxylation is 2. The summed E-state index contributed by atoms with van der Waals surface area (Å²) in [6.45, 7) is 4.37. The molecule has 3 aromatic rings. The summed E-state index contributed by atoms with van der Waals surface area (Å²) >= 11 is 1.28. The summed E-state index contributed by atoms with van der Waals surface area (Å²) in [6, 6.07) is 3.86. The van der Waals surface area contributed by atoms with Crippen LogP contribution in [0.4, 0.5) is 5.69 Å². The first-order valence-electron chi connectivity index (χ1n) is 7.27. The lowest BCUT2D eigenvalue weighted by atomic mass is 10.1. The van der Waals surface area contributed by atoms with E-state index in [1.54, 1.807) is 12.4 Å². The number of hydrogen-bond acceptors (Lipinski definition) is 6. The molecule has 0 aliphatic rings. The minimum Gasteiger partial charge on any atom is -0.397 e. The van der Waals surface area contributed by atoms with Gasteiger partial charge >= 0.3 is 0 Å². The van der Waals surface area contributed by atoms with Crippen molar-refractivity contribution in [1.82, 2.24) is 20.5 Å². The summed E-state index contributed by atoms with van der Waals surface area (Å²) in [5.41, 5.74) is 9.58. The van der Waals surface area contributed by atoms with Crippen LogP contribution in [-0.2, 0) is 6.42 Å². The van der Waals surface area contributed by atoms with Crippen molar-refractivity contribution in [2.24, 2.45) is 0 Å². The summed E-state index contributed by atoms with van der Waals surface area (Å²) in [7, 11) is 0. The fraction of sp³-hybridized carbons (Fsp3) is 0.250. The van der Waals surface area contributed by atoms with E-state index in [9.17, 15) is 4.79 Å². The van der Waals surface area contributed by atoms with Crippen LogP contribution in [0, 0.1) is 13.8 Å². The monoisotopic (exact) mass is 327 g/mol. The summed E-state index contributed by atoms with van der Waals surface area (Å²) in [5.74, 6) is -0.170. The van der Waals surface area contributed by atoms with Crippen LogP contribution in [0.3, 0.4) is 0 Å². The quantitative estimate of drug-likeness (QED) is 0.766. The van der Waals surface area contributed by atoms with Crippen molar-refractivity contribution in [3.63, 3.8) is 0 Å². The largest absolute Gasteiger partial charge is 0.397 e. The Balaban J connectivity index is 1.76. The van der Waals surface area contributed by atoms with Gasteiger partial charge in [-0.15, -0.1) is 16.4 Å². The zero-order valence-electron chi connectivity index (χ0n) is 13.0. The number of amides is 1. The number of aromatic nitrogens is 3. The third kappa shape index (κ3) is 3.00. The van der Waals surface area contributed by atoms with E-state index >= 15 is 0 Å². The second kappa shape index (κ2) is 6.29. The van der Waals surface area contributed by atoms with Crippen LogP contribution in [0.5, 0.6) is 0 Å². The van der Waals surface area contributed by atoms with Gasteiger partial charge in [0, 0.05) is 24.3 Å². The van der Waals surface area contributed by atoms with Crippen molar-refractivity contribution in [3.8, 4) is 0 Å². The number of nitrogen functional groups attached to an aromatic ring is 1. The third-order valence-corrected chi connectivity index (χ3v) is 4.88. The molecule has 3 heterocycles. The molecule has 0 saturated carbocycles. The molecule has 0 atom stereocenters. The molecule has 0 aliphatic carbocycles. The topological polar surface area (TPSA) is 93.8 Å². The number of fused-ring (bicyclic) bond motifs is 1. The van der Waals surface area contributed by atoms with E-state index in [1.807, 2.05) is 26.0 Å². The average molecular weight is 327 g/mol. The molecule has 0 fully saturated rings. The number of carbonyl (C=O) groups is 1. The van der Waals surface area contributed by atoms with E-state index in [0.717, 1.165) is 28.6 Å². The molecule has 0 aromatic carbocycles. The number of anilines is 1. The molecule has 118 valence electrons. The molecule has 3 rings (SSSR count). The van der Waals surface area contributed by atoms with Crippen molar-refractivity contribution in [2.75, 3.05) is 12.3 Å².